The summed E-state index contributed by atoms with van der Waals surface area (Å²) >= 11 is 0. The number of fused-ring (bicyclic) bond motifs is 12. The van der Waals surface area contributed by atoms with Crippen LogP contribution in [0.1, 0.15) is 184 Å². The lowest BCUT2D eigenvalue weighted by Gasteiger charge is -2.47. The minimum atomic E-state index is -0.734. The van der Waals surface area contributed by atoms with Crippen LogP contribution in [0.2, 0.25) is 0 Å². The topological polar surface area (TPSA) is 16.3 Å². The van der Waals surface area contributed by atoms with Gasteiger partial charge in [0.15, 0.2) is 0 Å². The summed E-state index contributed by atoms with van der Waals surface area (Å²) < 4.78 is 154. The van der Waals surface area contributed by atoms with E-state index in [1.165, 1.54) is 0 Å². The minimum Gasteiger partial charge on any atom is -0.309 e. The van der Waals surface area contributed by atoms with Gasteiger partial charge in [-0.3, -0.25) is 0 Å². The Balaban J connectivity index is 1.06. The van der Waals surface area contributed by atoms with Crippen LogP contribution in [0.4, 0.5) is 34.1 Å². The molecule has 0 atom stereocenters. The molecule has 18 rings (SSSR count). The third-order valence-corrected chi connectivity index (χ3v) is 21.4. The highest BCUT2D eigenvalue weighted by molar-refractivity contribution is 6.11. The van der Waals surface area contributed by atoms with Crippen molar-refractivity contribution in [1.29, 1.82) is 0 Å². The van der Waals surface area contributed by atoms with E-state index in [0.29, 0.717) is 29.2 Å². The van der Waals surface area contributed by atoms with Gasteiger partial charge in [0.2, 0.25) is 0 Å². The Labute approximate surface area is 617 Å². The summed E-state index contributed by atoms with van der Waals surface area (Å²) in [6, 6.07) is 56.6. The van der Waals surface area contributed by atoms with Crippen LogP contribution >= 0.6 is 0 Å². The van der Waals surface area contributed by atoms with Crippen LogP contribution in [0.25, 0.3) is 77.2 Å². The normalized spacial score (nSPS) is 16.2. The Morgan fingerprint density at radius 2 is 0.653 bits per heavy atom. The molecule has 101 heavy (non-hydrogen) atoms. The standard InChI is InChI=1S/C97H86N4/c1-94(2,3)65-41-37-60(38-42-65)79-56-67(96(7,8)9)45-51-85(79)100-87-58-69(98-81-33-21-17-29-73(81)74-30-18-22-34-82(74)98)47-49-77(87)92-78-50-48-70(99-83-35-23-19-31-75(83)76-32-20-24-36-84(76)99)59-88(78)101(86-52-46-68(97(10,11)12)57-80(86)61-39-43-66(44-40-61)95(4,5)6)90-55-64(54-89(100)93(90)92)91-71-27-15-13-25-62(71)53-63-26-14-16-28-72(63)91/h13-52,54-59,91-92H,53H2,1-12H3/i17D,18D,19D,20D,21D,22D,23D,24D,29D,30D,31D,32D,33D,34D,35D,36D. The Hall–Kier alpha value is -10.9. The molecule has 1 aliphatic carbocycles. The Bertz CT molecular complexity index is 6310. The van der Waals surface area contributed by atoms with Crippen LogP contribution in [0, 0.1) is 0 Å². The largest absolute Gasteiger partial charge is 0.309 e. The zero-order valence-corrected chi connectivity index (χ0v) is 59.0. The average Bonchev–Trinajstić information content (AvgIpc) is 1.26. The van der Waals surface area contributed by atoms with E-state index in [-0.39, 0.29) is 65.3 Å². The van der Waals surface area contributed by atoms with Crippen molar-refractivity contribution in [2.75, 3.05) is 9.80 Å². The molecule has 4 heterocycles. The number of hydrogen-bond donors (Lipinski definition) is 0. The Morgan fingerprint density at radius 3 is 1.02 bits per heavy atom. The number of aromatic nitrogens is 2. The SMILES string of the molecule is [2H]c1c([2H])c([2H])c2c(c1[2H])c1c([2H])c([2H])c([2H])c([2H])c1n2-c1ccc2c(c1)N(c1ccc(C(C)(C)C)cc1-c1ccc(C(C)(C)C)cc1)c1cc(C3c4ccccc4Cc4ccccc43)cc3c1C2c1ccc(-n2c4c([2H])c([2H])c([2H])c([2H])c4c4c([2H])c([2H])c([2H])c([2H])c42)cc1N3c1ccc(C(C)(C)C)cc1-c1ccc(C(C)(C)C)cc1. The van der Waals surface area contributed by atoms with Crippen molar-refractivity contribution in [2.45, 2.75) is 123 Å². The summed E-state index contributed by atoms with van der Waals surface area (Å²) in [7, 11) is 0. The molecule has 0 radical (unpaired) electrons. The van der Waals surface area contributed by atoms with E-state index in [1.54, 1.807) is 9.13 Å². The van der Waals surface area contributed by atoms with Gasteiger partial charge in [-0.05, 0) is 185 Å². The van der Waals surface area contributed by atoms with Crippen molar-refractivity contribution in [3.63, 3.8) is 0 Å². The minimum absolute atomic E-state index is 0.0358. The molecule has 15 aromatic rings. The molecule has 0 N–H and O–H groups in total. The van der Waals surface area contributed by atoms with Crippen LogP contribution in [-0.2, 0) is 28.1 Å². The first kappa shape index (κ1) is 47.2. The molecule has 0 saturated heterocycles. The maximum atomic E-state index is 9.86. The van der Waals surface area contributed by atoms with Gasteiger partial charge in [0, 0.05) is 61.4 Å². The summed E-state index contributed by atoms with van der Waals surface area (Å²) in [5, 5.41) is -0.239. The van der Waals surface area contributed by atoms with Crippen molar-refractivity contribution in [1.82, 2.24) is 9.13 Å². The van der Waals surface area contributed by atoms with E-state index in [1.807, 2.05) is 36.4 Å². The molecule has 0 spiro atoms. The fourth-order valence-electron chi connectivity index (χ4n) is 16.2. The highest BCUT2D eigenvalue weighted by Crippen LogP contribution is 2.64. The third kappa shape index (κ3) is 10.1. The molecule has 0 saturated carbocycles. The molecule has 4 nitrogen and oxygen atoms in total. The van der Waals surface area contributed by atoms with E-state index in [2.05, 4.69) is 238 Å². The third-order valence-electron chi connectivity index (χ3n) is 21.4. The van der Waals surface area contributed by atoms with Crippen LogP contribution in [0.5, 0.6) is 0 Å². The number of rotatable bonds is 7. The number of hydrogen-bond acceptors (Lipinski definition) is 2. The molecular formula is C97H86N4. The number of anilines is 6. The van der Waals surface area contributed by atoms with Crippen molar-refractivity contribution in [2.24, 2.45) is 0 Å². The predicted octanol–water partition coefficient (Wildman–Crippen LogP) is 26.2. The molecule has 2 aromatic heterocycles. The summed E-state index contributed by atoms with van der Waals surface area (Å²) in [4.78, 5) is 4.67. The molecular weight excluding hydrogens is 1220 g/mol. The first-order valence-electron chi connectivity index (χ1n) is 43.0. The van der Waals surface area contributed by atoms with Crippen LogP contribution in [-0.4, -0.2) is 9.13 Å². The second-order valence-corrected chi connectivity index (χ2v) is 31.8. The van der Waals surface area contributed by atoms with Gasteiger partial charge in [-0.15, -0.1) is 0 Å². The van der Waals surface area contributed by atoms with Gasteiger partial charge in [-0.25, -0.2) is 0 Å². The quantitative estimate of drug-likeness (QED) is 0.158. The molecule has 2 aliphatic heterocycles. The van der Waals surface area contributed by atoms with Crippen molar-refractivity contribution < 1.29 is 21.9 Å². The fraction of sp³-hybridized carbons (Fsp3) is 0.196. The number of para-hydroxylation sites is 4. The number of nitrogens with zero attached hydrogens (tertiary/aromatic N) is 4. The number of benzene rings is 13. The molecule has 0 bridgehead atoms. The van der Waals surface area contributed by atoms with Crippen molar-refractivity contribution >= 4 is 77.7 Å². The highest BCUT2D eigenvalue weighted by atomic mass is 15.2. The van der Waals surface area contributed by atoms with Crippen LogP contribution < -0.4 is 9.80 Å². The molecule has 494 valence electrons. The lowest BCUT2D eigenvalue weighted by atomic mass is 9.71. The van der Waals surface area contributed by atoms with E-state index < -0.39 is 109 Å². The maximum absolute atomic E-state index is 9.86. The van der Waals surface area contributed by atoms with E-state index in [4.69, 9.17) is 5.48 Å². The van der Waals surface area contributed by atoms with Gasteiger partial charge in [0.25, 0.3) is 0 Å². The van der Waals surface area contributed by atoms with Gasteiger partial charge in [-0.2, -0.15) is 0 Å². The lowest BCUT2D eigenvalue weighted by molar-refractivity contribution is 0.589. The van der Waals surface area contributed by atoms with E-state index >= 15 is 0 Å². The molecule has 0 amide bonds. The molecule has 4 heteroatoms. The maximum Gasteiger partial charge on any atom is 0.0645 e. The van der Waals surface area contributed by atoms with Crippen molar-refractivity contribution in [3.8, 4) is 33.6 Å². The summed E-state index contributed by atoms with van der Waals surface area (Å²) in [6.07, 6.45) is 0.687. The summed E-state index contributed by atoms with van der Waals surface area (Å²) in [6.45, 7) is 26.4. The zero-order valence-electron chi connectivity index (χ0n) is 75.0. The molecule has 0 unspecified atom stereocenters. The van der Waals surface area contributed by atoms with Gasteiger partial charge < -0.3 is 18.9 Å². The van der Waals surface area contributed by atoms with Gasteiger partial charge in [0.1, 0.15) is 0 Å². The van der Waals surface area contributed by atoms with Gasteiger partial charge >= 0.3 is 0 Å². The van der Waals surface area contributed by atoms with Gasteiger partial charge in [-0.1, -0.05) is 277 Å². The Morgan fingerprint density at radius 1 is 0.307 bits per heavy atom. The van der Waals surface area contributed by atoms with Gasteiger partial charge in [0.05, 0.1) is 78.1 Å². The highest BCUT2D eigenvalue weighted by Gasteiger charge is 2.44. The monoisotopic (exact) mass is 1320 g/mol. The summed E-state index contributed by atoms with van der Waals surface area (Å²) in [5.41, 5.74) is 19.7. The smallest absolute Gasteiger partial charge is 0.0645 e. The lowest BCUT2D eigenvalue weighted by Crippen LogP contribution is -2.30. The first-order chi connectivity index (χ1) is 55.3. The van der Waals surface area contributed by atoms with E-state index in [0.717, 1.165) is 112 Å². The van der Waals surface area contributed by atoms with Crippen LogP contribution in [0.15, 0.2) is 279 Å². The molecule has 13 aromatic carbocycles. The zero-order chi connectivity index (χ0) is 83.1. The fourth-order valence-corrected chi connectivity index (χ4v) is 16.2. The van der Waals surface area contributed by atoms with Crippen molar-refractivity contribution in [3.05, 3.63) is 345 Å². The average molecular weight is 1320 g/mol. The molecule has 0 fully saturated rings. The Kier molecular flexibility index (Phi) is 10.6. The van der Waals surface area contributed by atoms with E-state index in [9.17, 15) is 16.4 Å². The second-order valence-electron chi connectivity index (χ2n) is 31.8. The molecule has 3 aliphatic rings. The van der Waals surface area contributed by atoms with Crippen LogP contribution in [0.3, 0.4) is 0 Å². The summed E-state index contributed by atoms with van der Waals surface area (Å²) in [5.74, 6) is -1.13. The first-order valence-corrected chi connectivity index (χ1v) is 35.0. The predicted molar refractivity (Wildman–Crippen MR) is 428 cm³/mol. The second kappa shape index (κ2) is 22.8.